The number of fused-ring (bicyclic) bond motifs is 1. The SMILES string of the molecule is COc1cc(S(C)(=O)=O)ccc1NCC#Cc1nc2c([C@@H]3NCCOC[C@H]3F)cccn2c1CC(F)(F)F. The number of pyridine rings is 1. The van der Waals surface area contributed by atoms with Crippen LogP contribution in [0, 0.1) is 11.8 Å². The third kappa shape index (κ3) is 6.38. The lowest BCUT2D eigenvalue weighted by Gasteiger charge is -2.20. The van der Waals surface area contributed by atoms with E-state index in [0.717, 1.165) is 6.26 Å². The van der Waals surface area contributed by atoms with Crippen molar-refractivity contribution in [1.82, 2.24) is 14.7 Å². The Bertz CT molecular complexity index is 1480. The maximum absolute atomic E-state index is 14.8. The number of halogens is 4. The van der Waals surface area contributed by atoms with Gasteiger partial charge in [-0.1, -0.05) is 12.0 Å². The van der Waals surface area contributed by atoms with Gasteiger partial charge in [0.25, 0.3) is 0 Å². The van der Waals surface area contributed by atoms with Crippen molar-refractivity contribution < 1.29 is 35.5 Å². The molecular weight excluding hydrogens is 528 g/mol. The summed E-state index contributed by atoms with van der Waals surface area (Å²) in [6.45, 7) is 0.575. The smallest absolute Gasteiger partial charge is 0.394 e. The maximum atomic E-state index is 14.8. The zero-order valence-electron chi connectivity index (χ0n) is 20.6. The van der Waals surface area contributed by atoms with Crippen LogP contribution in [0.2, 0.25) is 0 Å². The highest BCUT2D eigenvalue weighted by molar-refractivity contribution is 7.90. The van der Waals surface area contributed by atoms with Gasteiger partial charge in [-0.2, -0.15) is 13.2 Å². The van der Waals surface area contributed by atoms with Gasteiger partial charge in [0.1, 0.15) is 23.3 Å². The summed E-state index contributed by atoms with van der Waals surface area (Å²) < 4.78 is 90.5. The van der Waals surface area contributed by atoms with Crippen LogP contribution in [0.1, 0.15) is 23.0 Å². The number of nitrogens with one attached hydrogen (secondary N) is 2. The number of hydrogen-bond acceptors (Lipinski definition) is 7. The van der Waals surface area contributed by atoms with Gasteiger partial charge in [-0.3, -0.25) is 0 Å². The molecule has 0 radical (unpaired) electrons. The molecule has 1 aliphatic rings. The van der Waals surface area contributed by atoms with E-state index in [9.17, 15) is 26.0 Å². The number of aromatic nitrogens is 2. The number of hydrogen-bond donors (Lipinski definition) is 2. The first kappa shape index (κ1) is 27.7. The predicted molar refractivity (Wildman–Crippen MR) is 133 cm³/mol. The van der Waals surface area contributed by atoms with Gasteiger partial charge in [0.2, 0.25) is 0 Å². The number of ether oxygens (including phenoxy) is 2. The van der Waals surface area contributed by atoms with Crippen molar-refractivity contribution in [2.24, 2.45) is 0 Å². The minimum absolute atomic E-state index is 0.00877. The first-order chi connectivity index (χ1) is 18.0. The Hall–Kier alpha value is -3.34. The van der Waals surface area contributed by atoms with Gasteiger partial charge in [-0.05, 0) is 24.1 Å². The normalized spacial score (nSPS) is 18.5. The molecule has 2 aromatic heterocycles. The third-order valence-electron chi connectivity index (χ3n) is 5.91. The first-order valence-electron chi connectivity index (χ1n) is 11.6. The van der Waals surface area contributed by atoms with Gasteiger partial charge in [0, 0.05) is 30.6 Å². The molecule has 1 aliphatic heterocycles. The van der Waals surface area contributed by atoms with Crippen LogP contribution in [0.15, 0.2) is 41.4 Å². The van der Waals surface area contributed by atoms with Gasteiger partial charge in [0.15, 0.2) is 9.84 Å². The van der Waals surface area contributed by atoms with Crippen molar-refractivity contribution in [3.63, 3.8) is 0 Å². The molecule has 0 spiro atoms. The maximum Gasteiger partial charge on any atom is 0.394 e. The molecule has 204 valence electrons. The summed E-state index contributed by atoms with van der Waals surface area (Å²) in [5, 5.41) is 6.01. The molecule has 0 amide bonds. The Kier molecular flexibility index (Phi) is 8.15. The van der Waals surface area contributed by atoms with Gasteiger partial charge in [-0.15, -0.1) is 0 Å². The quantitative estimate of drug-likeness (QED) is 0.357. The topological polar surface area (TPSA) is 94.0 Å². The predicted octanol–water partition coefficient (Wildman–Crippen LogP) is 3.31. The highest BCUT2D eigenvalue weighted by atomic mass is 32.2. The van der Waals surface area contributed by atoms with Crippen LogP contribution in [-0.2, 0) is 21.0 Å². The second kappa shape index (κ2) is 11.2. The Labute approximate surface area is 217 Å². The number of rotatable bonds is 6. The number of benzene rings is 1. The molecular formula is C25H26F4N4O4S. The first-order valence-corrected chi connectivity index (χ1v) is 13.5. The molecule has 38 heavy (non-hydrogen) atoms. The standard InChI is InChI=1S/C25H26F4N4O4S/c1-36-22-13-16(38(2,34)35)7-8-20(22)30-9-3-6-19-21(14-25(27,28)29)33-11-4-5-17(24(33)32-19)23-18(26)15-37-12-10-31-23/h4-5,7-8,11,13,18,23,30-31H,9-10,12,14-15H2,1-2H3/t18-,23+/m1/s1. The number of sulfone groups is 1. The average Bonchev–Trinajstić information content (AvgIpc) is 3.03. The number of nitrogens with zero attached hydrogens (tertiary/aromatic N) is 2. The fraction of sp³-hybridized carbons (Fsp3) is 0.400. The highest BCUT2D eigenvalue weighted by Gasteiger charge is 2.33. The Morgan fingerprint density at radius 1 is 1.32 bits per heavy atom. The Balaban J connectivity index is 1.66. The van der Waals surface area contributed by atoms with Crippen molar-refractivity contribution in [3.8, 4) is 17.6 Å². The van der Waals surface area contributed by atoms with E-state index in [-0.39, 0.29) is 40.8 Å². The number of methoxy groups -OCH3 is 1. The van der Waals surface area contributed by atoms with E-state index in [1.165, 1.54) is 35.9 Å². The van der Waals surface area contributed by atoms with Crippen LogP contribution in [0.5, 0.6) is 5.75 Å². The van der Waals surface area contributed by atoms with Gasteiger partial charge >= 0.3 is 6.18 Å². The molecule has 0 unspecified atom stereocenters. The molecule has 1 fully saturated rings. The lowest BCUT2D eigenvalue weighted by atomic mass is 10.0. The fourth-order valence-corrected chi connectivity index (χ4v) is 4.80. The Morgan fingerprint density at radius 2 is 2.11 bits per heavy atom. The van der Waals surface area contributed by atoms with Gasteiger partial charge < -0.3 is 24.5 Å². The molecule has 8 nitrogen and oxygen atoms in total. The summed E-state index contributed by atoms with van der Waals surface area (Å²) in [7, 11) is -2.05. The summed E-state index contributed by atoms with van der Waals surface area (Å²) in [5.74, 6) is 5.73. The van der Waals surface area contributed by atoms with E-state index >= 15 is 0 Å². The minimum Gasteiger partial charge on any atom is -0.495 e. The van der Waals surface area contributed by atoms with Crippen molar-refractivity contribution in [1.29, 1.82) is 0 Å². The lowest BCUT2D eigenvalue weighted by Crippen LogP contribution is -2.30. The average molecular weight is 555 g/mol. The molecule has 1 aromatic carbocycles. The number of alkyl halides is 4. The lowest BCUT2D eigenvalue weighted by molar-refractivity contribution is -0.128. The third-order valence-corrected chi connectivity index (χ3v) is 7.02. The van der Waals surface area contributed by atoms with E-state index in [4.69, 9.17) is 9.47 Å². The molecule has 3 heterocycles. The van der Waals surface area contributed by atoms with Crippen molar-refractivity contribution in [2.45, 2.75) is 29.7 Å². The molecule has 3 aromatic rings. The van der Waals surface area contributed by atoms with Crippen LogP contribution in [-0.4, -0.2) is 69.8 Å². The molecule has 0 bridgehead atoms. The summed E-state index contributed by atoms with van der Waals surface area (Å²) in [5.41, 5.74) is 0.825. The minimum atomic E-state index is -4.52. The van der Waals surface area contributed by atoms with Crippen molar-refractivity contribution in [3.05, 3.63) is 53.5 Å². The monoisotopic (exact) mass is 554 g/mol. The summed E-state index contributed by atoms with van der Waals surface area (Å²) in [6, 6.07) is 6.66. The van der Waals surface area contributed by atoms with Gasteiger partial charge in [-0.25, -0.2) is 17.8 Å². The zero-order valence-corrected chi connectivity index (χ0v) is 21.4. The number of anilines is 1. The molecule has 13 heteroatoms. The zero-order chi connectivity index (χ0) is 27.5. The fourth-order valence-electron chi connectivity index (χ4n) is 4.17. The number of imidazole rings is 1. The molecule has 2 atom stereocenters. The van der Waals surface area contributed by atoms with E-state index in [1.807, 2.05) is 0 Å². The van der Waals surface area contributed by atoms with E-state index < -0.39 is 34.6 Å². The summed E-state index contributed by atoms with van der Waals surface area (Å²) >= 11 is 0. The second-order valence-electron chi connectivity index (χ2n) is 8.67. The summed E-state index contributed by atoms with van der Waals surface area (Å²) in [6.07, 6.45) is -4.67. The molecule has 1 saturated heterocycles. The summed E-state index contributed by atoms with van der Waals surface area (Å²) in [4.78, 5) is 4.45. The van der Waals surface area contributed by atoms with Crippen LogP contribution in [0.25, 0.3) is 5.65 Å². The highest BCUT2D eigenvalue weighted by Crippen LogP contribution is 2.30. The molecule has 0 saturated carbocycles. The van der Waals surface area contributed by atoms with Crippen LogP contribution in [0.3, 0.4) is 0 Å². The van der Waals surface area contributed by atoms with Crippen molar-refractivity contribution in [2.75, 3.05) is 45.0 Å². The van der Waals surface area contributed by atoms with E-state index in [2.05, 4.69) is 27.5 Å². The van der Waals surface area contributed by atoms with E-state index in [0.29, 0.717) is 24.4 Å². The van der Waals surface area contributed by atoms with Crippen LogP contribution >= 0.6 is 0 Å². The van der Waals surface area contributed by atoms with E-state index in [1.54, 1.807) is 12.1 Å². The largest absolute Gasteiger partial charge is 0.495 e. The molecule has 2 N–H and O–H groups in total. The van der Waals surface area contributed by atoms with Crippen molar-refractivity contribution >= 4 is 21.2 Å². The molecule has 0 aliphatic carbocycles. The van der Waals surface area contributed by atoms with Crippen LogP contribution < -0.4 is 15.4 Å². The molecule has 4 rings (SSSR count). The second-order valence-corrected chi connectivity index (χ2v) is 10.7. The Morgan fingerprint density at radius 3 is 2.82 bits per heavy atom. The van der Waals surface area contributed by atoms with Crippen LogP contribution in [0.4, 0.5) is 23.2 Å². The van der Waals surface area contributed by atoms with Gasteiger partial charge in [0.05, 0.1) is 55.6 Å².